The number of para-hydroxylation sites is 1. The van der Waals surface area contributed by atoms with Crippen LogP contribution in [0.5, 0.6) is 0 Å². The number of aliphatic carboxylic acids is 1. The average Bonchev–Trinajstić information content (AvgIpc) is 2.46. The van der Waals surface area contributed by atoms with Crippen molar-refractivity contribution in [2.24, 2.45) is 5.92 Å². The van der Waals surface area contributed by atoms with E-state index in [2.05, 4.69) is 15.6 Å². The van der Waals surface area contributed by atoms with Gasteiger partial charge in [0.15, 0.2) is 0 Å². The molecule has 1 aromatic carbocycles. The molecule has 2 amide bonds. The summed E-state index contributed by atoms with van der Waals surface area (Å²) in [5, 5.41) is 15.2. The highest BCUT2D eigenvalue weighted by Crippen LogP contribution is 2.20. The maximum atomic E-state index is 12.0. The maximum absolute atomic E-state index is 12.0. The molecule has 0 saturated heterocycles. The fraction of sp³-hybridized carbons (Fsp3) is 0.267. The van der Waals surface area contributed by atoms with Crippen molar-refractivity contribution in [3.63, 3.8) is 0 Å². The van der Waals surface area contributed by atoms with Crippen molar-refractivity contribution in [2.45, 2.75) is 19.9 Å². The van der Waals surface area contributed by atoms with Gasteiger partial charge >= 0.3 is 12.0 Å². The lowest BCUT2D eigenvalue weighted by atomic mass is 10.0. The molecule has 1 heterocycles. The molecule has 6 heteroatoms. The zero-order valence-electron chi connectivity index (χ0n) is 11.8. The summed E-state index contributed by atoms with van der Waals surface area (Å²) in [4.78, 5) is 27.1. The molecule has 0 aliphatic heterocycles. The van der Waals surface area contributed by atoms with Gasteiger partial charge in [-0.15, -0.1) is 0 Å². The minimum atomic E-state index is -0.949. The normalized spacial score (nSPS) is 13.4. The van der Waals surface area contributed by atoms with Gasteiger partial charge in [0.25, 0.3) is 0 Å². The molecule has 2 atom stereocenters. The Morgan fingerprint density at radius 2 is 1.90 bits per heavy atom. The van der Waals surface area contributed by atoms with Crippen molar-refractivity contribution in [2.75, 3.05) is 5.32 Å². The summed E-state index contributed by atoms with van der Waals surface area (Å²) < 4.78 is 0. The quantitative estimate of drug-likeness (QED) is 0.805. The lowest BCUT2D eigenvalue weighted by Crippen LogP contribution is -2.42. The molecule has 0 bridgehead atoms. The predicted octanol–water partition coefficient (Wildman–Crippen LogP) is 2.47. The van der Waals surface area contributed by atoms with Gasteiger partial charge in [-0.3, -0.25) is 9.78 Å². The summed E-state index contributed by atoms with van der Waals surface area (Å²) in [7, 11) is 0. The van der Waals surface area contributed by atoms with Gasteiger partial charge in [0, 0.05) is 17.6 Å². The summed E-state index contributed by atoms with van der Waals surface area (Å²) in [6.45, 7) is 3.20. The third kappa shape index (κ3) is 3.47. The lowest BCUT2D eigenvalue weighted by Gasteiger charge is -2.18. The zero-order valence-corrected chi connectivity index (χ0v) is 11.8. The Morgan fingerprint density at radius 3 is 2.62 bits per heavy atom. The highest BCUT2D eigenvalue weighted by atomic mass is 16.4. The number of benzene rings is 1. The van der Waals surface area contributed by atoms with Crippen LogP contribution < -0.4 is 10.6 Å². The second-order valence-corrected chi connectivity index (χ2v) is 4.89. The van der Waals surface area contributed by atoms with Crippen LogP contribution in [-0.2, 0) is 4.79 Å². The first-order valence-corrected chi connectivity index (χ1v) is 6.63. The first-order chi connectivity index (χ1) is 9.99. The number of carboxylic acid groups (broad SMARTS) is 1. The number of fused-ring (bicyclic) bond motifs is 1. The molecule has 0 saturated carbocycles. The second kappa shape index (κ2) is 6.21. The van der Waals surface area contributed by atoms with Crippen LogP contribution in [0.15, 0.2) is 36.5 Å². The molecule has 0 radical (unpaired) electrons. The molecule has 110 valence electrons. The lowest BCUT2D eigenvalue weighted by molar-refractivity contribution is -0.141. The van der Waals surface area contributed by atoms with E-state index in [4.69, 9.17) is 5.11 Å². The minimum absolute atomic E-state index is 0.450. The van der Waals surface area contributed by atoms with Gasteiger partial charge in [-0.25, -0.2) is 4.79 Å². The smallest absolute Gasteiger partial charge is 0.319 e. The third-order valence-electron chi connectivity index (χ3n) is 3.38. The monoisotopic (exact) mass is 287 g/mol. The van der Waals surface area contributed by atoms with Crippen LogP contribution >= 0.6 is 0 Å². The molecular formula is C15H17N3O3. The molecule has 3 N–H and O–H groups in total. The topological polar surface area (TPSA) is 91.3 Å². The van der Waals surface area contributed by atoms with Crippen LogP contribution in [0.25, 0.3) is 10.9 Å². The number of hydrogen-bond donors (Lipinski definition) is 3. The number of carbonyl (C=O) groups excluding carboxylic acids is 1. The molecular weight excluding hydrogens is 270 g/mol. The Bertz CT molecular complexity index is 667. The van der Waals surface area contributed by atoms with E-state index in [1.807, 2.05) is 24.3 Å². The summed E-state index contributed by atoms with van der Waals surface area (Å²) in [5.41, 5.74) is 1.27. The number of nitrogens with zero attached hydrogens (tertiary/aromatic N) is 1. The van der Waals surface area contributed by atoms with Crippen LogP contribution in [0.4, 0.5) is 10.5 Å². The van der Waals surface area contributed by atoms with Gasteiger partial charge in [0.1, 0.15) is 0 Å². The summed E-state index contributed by atoms with van der Waals surface area (Å²) in [6, 6.07) is 8.27. The van der Waals surface area contributed by atoms with Crippen molar-refractivity contribution < 1.29 is 14.7 Å². The number of pyridine rings is 1. The van der Waals surface area contributed by atoms with Gasteiger partial charge in [0.2, 0.25) is 0 Å². The van der Waals surface area contributed by atoms with Gasteiger partial charge in [-0.05, 0) is 26.0 Å². The average molecular weight is 287 g/mol. The number of nitrogens with one attached hydrogen (secondary N) is 2. The van der Waals surface area contributed by atoms with E-state index in [0.29, 0.717) is 11.2 Å². The number of amides is 2. The van der Waals surface area contributed by atoms with Crippen LogP contribution in [0.3, 0.4) is 0 Å². The first-order valence-electron chi connectivity index (χ1n) is 6.63. The number of carbonyl (C=O) groups is 2. The van der Waals surface area contributed by atoms with Crippen molar-refractivity contribution >= 4 is 28.6 Å². The van der Waals surface area contributed by atoms with Crippen LogP contribution in [0.1, 0.15) is 13.8 Å². The summed E-state index contributed by atoms with van der Waals surface area (Å²) in [6.07, 6.45) is 1.65. The largest absolute Gasteiger partial charge is 0.481 e. The van der Waals surface area contributed by atoms with Crippen LogP contribution in [0.2, 0.25) is 0 Å². The maximum Gasteiger partial charge on any atom is 0.319 e. The predicted molar refractivity (Wildman–Crippen MR) is 80.2 cm³/mol. The Labute approximate surface area is 122 Å². The highest BCUT2D eigenvalue weighted by Gasteiger charge is 2.21. The fourth-order valence-corrected chi connectivity index (χ4v) is 1.91. The Morgan fingerprint density at radius 1 is 1.19 bits per heavy atom. The van der Waals surface area contributed by atoms with Gasteiger partial charge in [0.05, 0.1) is 17.1 Å². The molecule has 2 rings (SSSR count). The van der Waals surface area contributed by atoms with Crippen LogP contribution in [0, 0.1) is 5.92 Å². The van der Waals surface area contributed by atoms with Gasteiger partial charge < -0.3 is 15.7 Å². The van der Waals surface area contributed by atoms with E-state index < -0.39 is 24.0 Å². The van der Waals surface area contributed by atoms with Crippen LogP contribution in [-0.4, -0.2) is 28.1 Å². The van der Waals surface area contributed by atoms with E-state index in [1.165, 1.54) is 0 Å². The van der Waals surface area contributed by atoms with Gasteiger partial charge in [-0.1, -0.05) is 18.2 Å². The third-order valence-corrected chi connectivity index (χ3v) is 3.38. The Kier molecular flexibility index (Phi) is 4.37. The molecule has 21 heavy (non-hydrogen) atoms. The van der Waals surface area contributed by atoms with Crippen molar-refractivity contribution in [3.05, 3.63) is 36.5 Å². The number of anilines is 1. The van der Waals surface area contributed by atoms with E-state index in [1.54, 1.807) is 26.1 Å². The molecule has 0 spiro atoms. The summed E-state index contributed by atoms with van der Waals surface area (Å²) in [5.74, 6) is -1.61. The van der Waals surface area contributed by atoms with Crippen molar-refractivity contribution in [1.82, 2.24) is 10.3 Å². The van der Waals surface area contributed by atoms with Crippen molar-refractivity contribution in [3.8, 4) is 0 Å². The van der Waals surface area contributed by atoms with E-state index in [9.17, 15) is 9.59 Å². The van der Waals surface area contributed by atoms with E-state index >= 15 is 0 Å². The zero-order chi connectivity index (χ0) is 15.4. The SMILES string of the molecule is CC(NC(=O)Nc1cccc2cccnc12)C(C)C(=O)O. The minimum Gasteiger partial charge on any atom is -0.481 e. The molecule has 2 aromatic rings. The first kappa shape index (κ1) is 14.8. The summed E-state index contributed by atoms with van der Waals surface area (Å²) >= 11 is 0. The van der Waals surface area contributed by atoms with Crippen molar-refractivity contribution in [1.29, 1.82) is 0 Å². The molecule has 2 unspecified atom stereocenters. The second-order valence-electron chi connectivity index (χ2n) is 4.89. The highest BCUT2D eigenvalue weighted by molar-refractivity contribution is 5.99. The molecule has 0 fully saturated rings. The number of urea groups is 1. The van der Waals surface area contributed by atoms with Gasteiger partial charge in [-0.2, -0.15) is 0 Å². The molecule has 1 aromatic heterocycles. The number of carboxylic acids is 1. The molecule has 0 aliphatic rings. The fourth-order valence-electron chi connectivity index (χ4n) is 1.91. The number of rotatable bonds is 4. The standard InChI is InChI=1S/C15H17N3O3/c1-9(14(19)20)10(2)17-15(21)18-12-7-3-5-11-6-4-8-16-13(11)12/h3-10H,1-2H3,(H,19,20)(H2,17,18,21). The Balaban J connectivity index is 2.10. The number of aromatic nitrogens is 1. The molecule has 0 aliphatic carbocycles. The molecule has 6 nitrogen and oxygen atoms in total. The van der Waals surface area contributed by atoms with E-state index in [0.717, 1.165) is 5.39 Å². The van der Waals surface area contributed by atoms with E-state index in [-0.39, 0.29) is 0 Å². The number of hydrogen-bond acceptors (Lipinski definition) is 3. The Hall–Kier alpha value is -2.63.